The summed E-state index contributed by atoms with van der Waals surface area (Å²) >= 11 is 0. The molecule has 56 heavy (non-hydrogen) atoms. The summed E-state index contributed by atoms with van der Waals surface area (Å²) in [7, 11) is 0. The first kappa shape index (κ1) is 33.2. The Morgan fingerprint density at radius 2 is 0.804 bits per heavy atom. The zero-order chi connectivity index (χ0) is 37.3. The molecule has 0 spiro atoms. The fraction of sp³-hybridized carbons (Fsp3) is 0. The maximum atomic E-state index is 2.44. The van der Waals surface area contributed by atoms with Crippen LogP contribution in [0, 0.1) is 0 Å². The molecule has 0 amide bonds. The lowest BCUT2D eigenvalue weighted by Crippen LogP contribution is -2.10. The van der Waals surface area contributed by atoms with Crippen LogP contribution in [0.15, 0.2) is 231 Å². The van der Waals surface area contributed by atoms with Crippen LogP contribution in [0.5, 0.6) is 0 Å². The van der Waals surface area contributed by atoms with Crippen molar-refractivity contribution in [3.63, 3.8) is 0 Å². The Labute approximate surface area is 327 Å². The highest BCUT2D eigenvalue weighted by molar-refractivity contribution is 6.17. The summed E-state index contributed by atoms with van der Waals surface area (Å²) in [6, 6.07) is 83.0. The molecule has 0 aliphatic carbocycles. The second-order valence-electron chi connectivity index (χ2n) is 14.1. The van der Waals surface area contributed by atoms with Gasteiger partial charge in [-0.3, -0.25) is 0 Å². The van der Waals surface area contributed by atoms with E-state index in [1.54, 1.807) is 0 Å². The van der Waals surface area contributed by atoms with E-state index in [0.717, 1.165) is 28.3 Å². The van der Waals surface area contributed by atoms with Gasteiger partial charge in [0.15, 0.2) is 0 Å². The molecule has 0 N–H and O–H groups in total. The number of rotatable bonds is 8. The average molecular weight is 715 g/mol. The van der Waals surface area contributed by atoms with E-state index in [0.29, 0.717) is 0 Å². The Hall–Kier alpha value is -7.42. The largest absolute Gasteiger partial charge is 0.310 e. The van der Waals surface area contributed by atoms with Crippen molar-refractivity contribution in [2.24, 2.45) is 0 Å². The fourth-order valence-corrected chi connectivity index (χ4v) is 8.33. The number of nitrogens with zero attached hydrogens (tertiary/aromatic N) is 2. The molecular formula is C54H38N2. The number of aromatic nitrogens is 1. The molecule has 10 aromatic rings. The van der Waals surface area contributed by atoms with Crippen LogP contribution in [-0.4, -0.2) is 4.57 Å². The maximum Gasteiger partial charge on any atom is 0.0562 e. The SMILES string of the molecule is c1ccc(-c2ccccc2-c2ccc(N(c3ccccc3)c3cccc4c3c3ccccc3n4-c3ccccc3-c3ccccc3)cc2-c2ccccc2)cc1. The van der Waals surface area contributed by atoms with Gasteiger partial charge < -0.3 is 9.47 Å². The van der Waals surface area contributed by atoms with Crippen LogP contribution in [-0.2, 0) is 0 Å². The molecule has 0 unspecified atom stereocenters. The first-order valence-electron chi connectivity index (χ1n) is 19.2. The number of benzene rings is 9. The zero-order valence-electron chi connectivity index (χ0n) is 30.8. The molecule has 0 saturated heterocycles. The lowest BCUT2D eigenvalue weighted by molar-refractivity contribution is 1.18. The molecule has 0 aliphatic heterocycles. The van der Waals surface area contributed by atoms with Gasteiger partial charge in [0, 0.05) is 27.7 Å². The van der Waals surface area contributed by atoms with Crippen molar-refractivity contribution in [2.75, 3.05) is 4.90 Å². The van der Waals surface area contributed by atoms with Crippen molar-refractivity contribution in [3.05, 3.63) is 231 Å². The standard InChI is InChI=1S/C54H38N2/c1-5-20-39(21-6-1)44-28-13-14-30-46(44)47-37-36-43(38-49(47)41-24-9-3-10-25-41)55(42-26-11-4-12-27-42)52-34-19-35-53-54(52)48-31-16-18-33-51(48)56(53)50-32-17-15-29-45(50)40-22-7-2-8-23-40/h1-38H. The van der Waals surface area contributed by atoms with Crippen LogP contribution in [0.2, 0.25) is 0 Å². The molecule has 2 nitrogen and oxygen atoms in total. The van der Waals surface area contributed by atoms with Gasteiger partial charge in [0.05, 0.1) is 22.4 Å². The van der Waals surface area contributed by atoms with E-state index in [1.165, 1.54) is 60.8 Å². The zero-order valence-corrected chi connectivity index (χ0v) is 30.8. The molecule has 1 aromatic heterocycles. The quantitative estimate of drug-likeness (QED) is 0.152. The van der Waals surface area contributed by atoms with Crippen molar-refractivity contribution in [2.45, 2.75) is 0 Å². The van der Waals surface area contributed by atoms with Gasteiger partial charge in [-0.1, -0.05) is 182 Å². The molecule has 0 fully saturated rings. The van der Waals surface area contributed by atoms with Crippen molar-refractivity contribution >= 4 is 38.9 Å². The smallest absolute Gasteiger partial charge is 0.0562 e. The molecule has 1 heterocycles. The van der Waals surface area contributed by atoms with Gasteiger partial charge in [0.2, 0.25) is 0 Å². The molecule has 2 heteroatoms. The van der Waals surface area contributed by atoms with Gasteiger partial charge in [0.25, 0.3) is 0 Å². The summed E-state index contributed by atoms with van der Waals surface area (Å²) in [5, 5.41) is 2.41. The fourth-order valence-electron chi connectivity index (χ4n) is 8.33. The predicted octanol–water partition coefficient (Wildman–Crippen LogP) is 14.9. The van der Waals surface area contributed by atoms with E-state index < -0.39 is 0 Å². The van der Waals surface area contributed by atoms with Gasteiger partial charge in [-0.05, 0) is 87.5 Å². The number of anilines is 3. The Morgan fingerprint density at radius 1 is 0.304 bits per heavy atom. The minimum Gasteiger partial charge on any atom is -0.310 e. The molecule has 10 rings (SSSR count). The Bertz CT molecular complexity index is 2950. The highest BCUT2D eigenvalue weighted by Crippen LogP contribution is 2.47. The van der Waals surface area contributed by atoms with Gasteiger partial charge in [0.1, 0.15) is 0 Å². The number of fused-ring (bicyclic) bond motifs is 3. The minimum absolute atomic E-state index is 1.09. The van der Waals surface area contributed by atoms with Gasteiger partial charge in [-0.15, -0.1) is 0 Å². The highest BCUT2D eigenvalue weighted by Gasteiger charge is 2.23. The Kier molecular flexibility index (Phi) is 8.55. The summed E-state index contributed by atoms with van der Waals surface area (Å²) in [5.41, 5.74) is 16.3. The predicted molar refractivity (Wildman–Crippen MR) is 237 cm³/mol. The molecular weight excluding hydrogens is 677 g/mol. The third-order valence-electron chi connectivity index (χ3n) is 10.8. The van der Waals surface area contributed by atoms with Crippen LogP contribution in [0.25, 0.3) is 72.0 Å². The van der Waals surface area contributed by atoms with Crippen LogP contribution in [0.1, 0.15) is 0 Å². The first-order chi connectivity index (χ1) is 27.8. The van der Waals surface area contributed by atoms with E-state index in [-0.39, 0.29) is 0 Å². The molecule has 0 bridgehead atoms. The molecule has 9 aromatic carbocycles. The Morgan fingerprint density at radius 3 is 1.50 bits per heavy atom. The van der Waals surface area contributed by atoms with Crippen molar-refractivity contribution in [3.8, 4) is 50.2 Å². The molecule has 0 saturated carbocycles. The van der Waals surface area contributed by atoms with E-state index in [2.05, 4.69) is 240 Å². The summed E-state index contributed by atoms with van der Waals surface area (Å²) in [6.45, 7) is 0. The van der Waals surface area contributed by atoms with Crippen molar-refractivity contribution in [1.29, 1.82) is 0 Å². The van der Waals surface area contributed by atoms with E-state index in [9.17, 15) is 0 Å². The van der Waals surface area contributed by atoms with Crippen LogP contribution in [0.3, 0.4) is 0 Å². The Balaban J connectivity index is 1.23. The van der Waals surface area contributed by atoms with Gasteiger partial charge >= 0.3 is 0 Å². The normalized spacial score (nSPS) is 11.2. The van der Waals surface area contributed by atoms with Gasteiger partial charge in [-0.2, -0.15) is 0 Å². The summed E-state index contributed by atoms with van der Waals surface area (Å²) < 4.78 is 2.44. The number of hydrogen-bond acceptors (Lipinski definition) is 1. The van der Waals surface area contributed by atoms with Crippen molar-refractivity contribution in [1.82, 2.24) is 4.57 Å². The highest BCUT2D eigenvalue weighted by atomic mass is 15.1. The van der Waals surface area contributed by atoms with Crippen LogP contribution >= 0.6 is 0 Å². The minimum atomic E-state index is 1.09. The third kappa shape index (κ3) is 5.85. The van der Waals surface area contributed by atoms with E-state index >= 15 is 0 Å². The molecule has 0 atom stereocenters. The average Bonchev–Trinajstić information content (AvgIpc) is 3.63. The van der Waals surface area contributed by atoms with E-state index in [4.69, 9.17) is 0 Å². The monoisotopic (exact) mass is 714 g/mol. The van der Waals surface area contributed by atoms with Crippen LogP contribution < -0.4 is 4.90 Å². The van der Waals surface area contributed by atoms with Crippen molar-refractivity contribution < 1.29 is 0 Å². The molecule has 0 radical (unpaired) electrons. The summed E-state index contributed by atoms with van der Waals surface area (Å²) in [4.78, 5) is 2.43. The number of hydrogen-bond donors (Lipinski definition) is 0. The van der Waals surface area contributed by atoms with Gasteiger partial charge in [-0.25, -0.2) is 0 Å². The van der Waals surface area contributed by atoms with Crippen LogP contribution in [0.4, 0.5) is 17.1 Å². The topological polar surface area (TPSA) is 8.17 Å². The number of para-hydroxylation sites is 3. The molecule has 264 valence electrons. The first-order valence-corrected chi connectivity index (χ1v) is 19.2. The molecule has 0 aliphatic rings. The second kappa shape index (κ2) is 14.4. The van der Waals surface area contributed by atoms with E-state index in [1.807, 2.05) is 0 Å². The third-order valence-corrected chi connectivity index (χ3v) is 10.8. The lowest BCUT2D eigenvalue weighted by atomic mass is 9.89. The second-order valence-corrected chi connectivity index (χ2v) is 14.1. The maximum absolute atomic E-state index is 2.44. The lowest BCUT2D eigenvalue weighted by Gasteiger charge is -2.28. The summed E-state index contributed by atoms with van der Waals surface area (Å²) in [6.07, 6.45) is 0. The summed E-state index contributed by atoms with van der Waals surface area (Å²) in [5.74, 6) is 0.